The normalized spacial score (nSPS) is 14.5. The lowest BCUT2D eigenvalue weighted by molar-refractivity contribution is 0.0600. The van der Waals surface area contributed by atoms with Crippen molar-refractivity contribution in [3.8, 4) is 0 Å². The van der Waals surface area contributed by atoms with Crippen LogP contribution in [0.1, 0.15) is 53.0 Å². The second kappa shape index (κ2) is 8.42. The van der Waals surface area contributed by atoms with Gasteiger partial charge in [-0.05, 0) is 31.0 Å². The van der Waals surface area contributed by atoms with Gasteiger partial charge in [-0.2, -0.15) is 0 Å². The third-order valence-corrected chi connectivity index (χ3v) is 4.40. The summed E-state index contributed by atoms with van der Waals surface area (Å²) in [5.41, 5.74) is 1.42. The van der Waals surface area contributed by atoms with Gasteiger partial charge in [0.2, 0.25) is 0 Å². The summed E-state index contributed by atoms with van der Waals surface area (Å²) in [5.74, 6) is -0.120. The van der Waals surface area contributed by atoms with Crippen molar-refractivity contribution >= 4 is 23.4 Å². The number of aromatic nitrogens is 2. The Bertz CT molecular complexity index is 788. The Morgan fingerprint density at radius 2 is 1.92 bits per heavy atom. The molecule has 1 aliphatic rings. The van der Waals surface area contributed by atoms with Gasteiger partial charge >= 0.3 is 5.97 Å². The van der Waals surface area contributed by atoms with E-state index in [1.165, 1.54) is 19.9 Å². The zero-order valence-electron chi connectivity index (χ0n) is 14.7. The summed E-state index contributed by atoms with van der Waals surface area (Å²) >= 11 is 0. The number of rotatable bonds is 5. The maximum atomic E-state index is 12.4. The van der Waals surface area contributed by atoms with Crippen LogP contribution in [0.25, 0.3) is 0 Å². The third kappa shape index (κ3) is 4.56. The number of hydrogen-bond acceptors (Lipinski definition) is 6. The molecular formula is C19H22N4O3. The van der Waals surface area contributed by atoms with E-state index in [9.17, 15) is 9.59 Å². The topological polar surface area (TPSA) is 93.2 Å². The number of benzene rings is 1. The number of ether oxygens (including phenoxy) is 1. The maximum absolute atomic E-state index is 12.4. The molecular weight excluding hydrogens is 332 g/mol. The van der Waals surface area contributed by atoms with E-state index in [1.54, 1.807) is 30.3 Å². The smallest absolute Gasteiger partial charge is 0.337 e. The molecule has 0 unspecified atom stereocenters. The van der Waals surface area contributed by atoms with E-state index in [2.05, 4.69) is 20.6 Å². The summed E-state index contributed by atoms with van der Waals surface area (Å²) in [6, 6.07) is 8.70. The number of methoxy groups -OCH3 is 1. The zero-order chi connectivity index (χ0) is 18.4. The first-order valence-corrected chi connectivity index (χ1v) is 8.74. The van der Waals surface area contributed by atoms with Crippen molar-refractivity contribution in [2.24, 2.45) is 0 Å². The van der Waals surface area contributed by atoms with Crippen LogP contribution in [-0.4, -0.2) is 35.0 Å². The number of hydrogen-bond donors (Lipinski definition) is 2. The summed E-state index contributed by atoms with van der Waals surface area (Å²) in [6.07, 6.45) is 6.92. The largest absolute Gasteiger partial charge is 0.465 e. The fourth-order valence-electron chi connectivity index (χ4n) is 3.05. The lowest BCUT2D eigenvalue weighted by atomic mass is 9.95. The molecule has 0 radical (unpaired) electrons. The zero-order valence-corrected chi connectivity index (χ0v) is 14.7. The molecule has 0 atom stereocenters. The Hall–Kier alpha value is -2.96. The van der Waals surface area contributed by atoms with Gasteiger partial charge in [-0.1, -0.05) is 25.3 Å². The van der Waals surface area contributed by atoms with Crippen LogP contribution < -0.4 is 10.6 Å². The highest BCUT2D eigenvalue weighted by molar-refractivity contribution is 5.93. The standard InChI is InChI=1S/C19H22N4O3/c1-26-19(25)13-6-5-9-15(10-13)22-17-11-16(20-12-21-17)18(24)23-14-7-3-2-4-8-14/h5-6,9-12,14H,2-4,7-8H2,1H3,(H,23,24)(H,20,21,22). The monoisotopic (exact) mass is 354 g/mol. The summed E-state index contributed by atoms with van der Waals surface area (Å²) < 4.78 is 4.72. The number of nitrogens with zero attached hydrogens (tertiary/aromatic N) is 2. The minimum absolute atomic E-state index is 0.189. The molecule has 7 heteroatoms. The lowest BCUT2D eigenvalue weighted by Crippen LogP contribution is -2.36. The first-order chi connectivity index (χ1) is 12.7. The van der Waals surface area contributed by atoms with Crippen LogP contribution in [0.4, 0.5) is 11.5 Å². The van der Waals surface area contributed by atoms with Gasteiger partial charge in [0.05, 0.1) is 12.7 Å². The van der Waals surface area contributed by atoms with Gasteiger partial charge in [-0.15, -0.1) is 0 Å². The Balaban J connectivity index is 1.69. The maximum Gasteiger partial charge on any atom is 0.337 e. The highest BCUT2D eigenvalue weighted by Crippen LogP contribution is 2.19. The van der Waals surface area contributed by atoms with Crippen LogP contribution in [-0.2, 0) is 4.74 Å². The Morgan fingerprint density at radius 1 is 1.12 bits per heavy atom. The van der Waals surface area contributed by atoms with Gasteiger partial charge in [0, 0.05) is 17.8 Å². The van der Waals surface area contributed by atoms with E-state index in [0.717, 1.165) is 25.7 Å². The predicted octanol–water partition coefficient (Wildman–Crippen LogP) is 3.07. The second-order valence-electron chi connectivity index (χ2n) is 6.29. The average Bonchev–Trinajstić information content (AvgIpc) is 2.68. The molecule has 1 aromatic heterocycles. The molecule has 1 fully saturated rings. The van der Waals surface area contributed by atoms with Crippen LogP contribution in [0.15, 0.2) is 36.7 Å². The van der Waals surface area contributed by atoms with Gasteiger partial charge in [0.25, 0.3) is 5.91 Å². The van der Waals surface area contributed by atoms with Crippen molar-refractivity contribution in [2.75, 3.05) is 12.4 Å². The summed E-state index contributed by atoms with van der Waals surface area (Å²) in [4.78, 5) is 32.2. The number of carbonyl (C=O) groups is 2. The Kier molecular flexibility index (Phi) is 5.78. The fourth-order valence-corrected chi connectivity index (χ4v) is 3.05. The van der Waals surface area contributed by atoms with Gasteiger partial charge in [0.15, 0.2) is 0 Å². The van der Waals surface area contributed by atoms with Gasteiger partial charge in [-0.25, -0.2) is 14.8 Å². The van der Waals surface area contributed by atoms with Gasteiger partial charge in [0.1, 0.15) is 17.8 Å². The third-order valence-electron chi connectivity index (χ3n) is 4.40. The van der Waals surface area contributed by atoms with E-state index < -0.39 is 5.97 Å². The van der Waals surface area contributed by atoms with Crippen LogP contribution >= 0.6 is 0 Å². The summed E-state index contributed by atoms with van der Waals surface area (Å²) in [7, 11) is 1.34. The number of anilines is 2. The molecule has 3 rings (SSSR count). The molecule has 1 heterocycles. The summed E-state index contributed by atoms with van der Waals surface area (Å²) in [6.45, 7) is 0. The second-order valence-corrected chi connectivity index (χ2v) is 6.29. The van der Waals surface area contributed by atoms with Crippen molar-refractivity contribution in [1.29, 1.82) is 0 Å². The molecule has 2 aromatic rings. The van der Waals surface area contributed by atoms with E-state index >= 15 is 0 Å². The molecule has 7 nitrogen and oxygen atoms in total. The van der Waals surface area contributed by atoms with Crippen molar-refractivity contribution in [3.05, 3.63) is 47.9 Å². The van der Waals surface area contributed by atoms with Crippen LogP contribution in [0.3, 0.4) is 0 Å². The number of esters is 1. The number of carbonyl (C=O) groups excluding carboxylic acids is 2. The van der Waals surface area contributed by atoms with Crippen molar-refractivity contribution in [2.45, 2.75) is 38.1 Å². The first kappa shape index (κ1) is 17.8. The molecule has 0 aliphatic heterocycles. The number of amides is 1. The molecule has 26 heavy (non-hydrogen) atoms. The number of nitrogens with one attached hydrogen (secondary N) is 2. The van der Waals surface area contributed by atoms with E-state index in [4.69, 9.17) is 4.74 Å². The molecule has 0 saturated heterocycles. The van der Waals surface area contributed by atoms with Gasteiger partial charge < -0.3 is 15.4 Å². The van der Waals surface area contributed by atoms with Crippen molar-refractivity contribution in [3.63, 3.8) is 0 Å². The predicted molar refractivity (Wildman–Crippen MR) is 97.4 cm³/mol. The van der Waals surface area contributed by atoms with Crippen molar-refractivity contribution in [1.82, 2.24) is 15.3 Å². The van der Waals surface area contributed by atoms with Crippen LogP contribution in [0.5, 0.6) is 0 Å². The Morgan fingerprint density at radius 3 is 2.69 bits per heavy atom. The molecule has 1 aromatic carbocycles. The average molecular weight is 354 g/mol. The molecule has 136 valence electrons. The molecule has 0 spiro atoms. The highest BCUT2D eigenvalue weighted by atomic mass is 16.5. The molecule has 1 saturated carbocycles. The Labute approximate surface area is 152 Å². The molecule has 2 N–H and O–H groups in total. The van der Waals surface area contributed by atoms with E-state index in [-0.39, 0.29) is 11.9 Å². The minimum atomic E-state index is -0.413. The van der Waals surface area contributed by atoms with E-state index in [0.29, 0.717) is 22.8 Å². The van der Waals surface area contributed by atoms with Gasteiger partial charge in [-0.3, -0.25) is 4.79 Å². The lowest BCUT2D eigenvalue weighted by Gasteiger charge is -2.22. The first-order valence-electron chi connectivity index (χ1n) is 8.74. The fraction of sp³-hybridized carbons (Fsp3) is 0.368. The van der Waals surface area contributed by atoms with Crippen molar-refractivity contribution < 1.29 is 14.3 Å². The highest BCUT2D eigenvalue weighted by Gasteiger charge is 2.17. The van der Waals surface area contributed by atoms with E-state index in [1.807, 2.05) is 0 Å². The summed E-state index contributed by atoms with van der Waals surface area (Å²) in [5, 5.41) is 6.12. The molecule has 1 aliphatic carbocycles. The quantitative estimate of drug-likeness (QED) is 0.802. The molecule has 1 amide bonds. The van der Waals surface area contributed by atoms with Crippen LogP contribution in [0.2, 0.25) is 0 Å². The van der Waals surface area contributed by atoms with Crippen LogP contribution in [0, 0.1) is 0 Å². The SMILES string of the molecule is COC(=O)c1cccc(Nc2cc(C(=O)NC3CCCCC3)ncn2)c1. The minimum Gasteiger partial charge on any atom is -0.465 e. The molecule has 0 bridgehead atoms.